The highest BCUT2D eigenvalue weighted by Crippen LogP contribution is 2.23. The second kappa shape index (κ2) is 6.72. The molecule has 3 nitrogen and oxygen atoms in total. The molecule has 0 spiro atoms. The Kier molecular flexibility index (Phi) is 4.73. The Morgan fingerprint density at radius 3 is 2.85 bits per heavy atom. The molecule has 1 aromatic heterocycles. The van der Waals surface area contributed by atoms with Crippen LogP contribution in [-0.2, 0) is 4.79 Å². The van der Waals surface area contributed by atoms with Gasteiger partial charge in [0, 0.05) is 18.9 Å². The summed E-state index contributed by atoms with van der Waals surface area (Å²) < 4.78 is 0. The average molecular weight is 293 g/mol. The van der Waals surface area contributed by atoms with Crippen LogP contribution in [-0.4, -0.2) is 25.0 Å². The van der Waals surface area contributed by atoms with E-state index < -0.39 is 0 Å². The molecule has 110 valence electrons. The minimum absolute atomic E-state index is 0.260. The summed E-state index contributed by atoms with van der Waals surface area (Å²) in [6, 6.07) is 5.34. The molecule has 1 aromatic rings. The number of thiophene rings is 1. The monoisotopic (exact) mass is 293 g/mol. The zero-order chi connectivity index (χ0) is 13.8. The van der Waals surface area contributed by atoms with Gasteiger partial charge in [0.05, 0.1) is 11.4 Å². The van der Waals surface area contributed by atoms with Crippen LogP contribution in [0.2, 0.25) is 0 Å². The normalized spacial score (nSPS) is 27.6. The van der Waals surface area contributed by atoms with Gasteiger partial charge < -0.3 is 10.2 Å². The lowest BCUT2D eigenvalue weighted by molar-refractivity contribution is -0.910. The first-order chi connectivity index (χ1) is 9.83. The lowest BCUT2D eigenvalue weighted by atomic mass is 9.95. The molecule has 20 heavy (non-hydrogen) atoms. The van der Waals surface area contributed by atoms with Crippen LogP contribution >= 0.6 is 11.3 Å². The van der Waals surface area contributed by atoms with E-state index in [0.717, 1.165) is 6.54 Å². The van der Waals surface area contributed by atoms with Crippen molar-refractivity contribution in [3.05, 3.63) is 22.4 Å². The van der Waals surface area contributed by atoms with Crippen molar-refractivity contribution >= 4 is 17.2 Å². The Morgan fingerprint density at radius 2 is 2.10 bits per heavy atom. The molecular weight excluding hydrogens is 268 g/mol. The van der Waals surface area contributed by atoms with Crippen LogP contribution in [0, 0.1) is 0 Å². The fourth-order valence-corrected chi connectivity index (χ4v) is 4.61. The lowest BCUT2D eigenvalue weighted by Gasteiger charge is -2.25. The van der Waals surface area contributed by atoms with Crippen molar-refractivity contribution in [2.75, 3.05) is 13.1 Å². The van der Waals surface area contributed by atoms with E-state index in [9.17, 15) is 4.79 Å². The van der Waals surface area contributed by atoms with Gasteiger partial charge in [-0.2, -0.15) is 0 Å². The molecule has 2 aliphatic rings. The van der Waals surface area contributed by atoms with Crippen molar-refractivity contribution in [3.63, 3.8) is 0 Å². The first-order valence-corrected chi connectivity index (χ1v) is 8.88. The summed E-state index contributed by atoms with van der Waals surface area (Å²) in [5.41, 5.74) is 0. The van der Waals surface area contributed by atoms with Crippen LogP contribution < -0.4 is 10.2 Å². The van der Waals surface area contributed by atoms with E-state index in [-0.39, 0.29) is 5.91 Å². The lowest BCUT2D eigenvalue weighted by Crippen LogP contribution is -3.11. The largest absolute Gasteiger partial charge is 0.348 e. The molecule has 0 aromatic carbocycles. The molecule has 2 fully saturated rings. The van der Waals surface area contributed by atoms with E-state index in [4.69, 9.17) is 0 Å². The molecule has 2 N–H and O–H groups in total. The Bertz CT molecular complexity index is 426. The average Bonchev–Trinajstić information content (AvgIpc) is 3.10. The van der Waals surface area contributed by atoms with Crippen LogP contribution in [0.25, 0.3) is 0 Å². The van der Waals surface area contributed by atoms with Gasteiger partial charge in [0.25, 0.3) is 5.91 Å². The first-order valence-electron chi connectivity index (χ1n) is 8.00. The molecule has 1 amide bonds. The fraction of sp³-hybridized carbons (Fsp3) is 0.688. The van der Waals surface area contributed by atoms with Crippen molar-refractivity contribution in [3.8, 4) is 0 Å². The summed E-state index contributed by atoms with van der Waals surface area (Å²) in [5.74, 6) is 0.260. The smallest absolute Gasteiger partial charge is 0.275 e. The topological polar surface area (TPSA) is 33.5 Å². The van der Waals surface area contributed by atoms with Gasteiger partial charge in [0.1, 0.15) is 6.04 Å². The van der Waals surface area contributed by atoms with Crippen molar-refractivity contribution in [2.45, 2.75) is 57.0 Å². The molecule has 2 heterocycles. The molecule has 0 bridgehead atoms. The number of quaternary nitrogens is 1. The number of rotatable bonds is 4. The number of nitrogens with one attached hydrogen (secondary N) is 2. The quantitative estimate of drug-likeness (QED) is 0.874. The Balaban J connectivity index is 1.52. The minimum Gasteiger partial charge on any atom is -0.348 e. The van der Waals surface area contributed by atoms with Gasteiger partial charge in [0.2, 0.25) is 0 Å². The third-order valence-electron chi connectivity index (χ3n) is 4.73. The molecular formula is C16H25N2OS+. The Hall–Kier alpha value is -0.870. The summed E-state index contributed by atoms with van der Waals surface area (Å²) in [5, 5.41) is 5.40. The maximum atomic E-state index is 12.3. The number of carbonyl (C=O) groups excluding carboxylic acids is 1. The van der Waals surface area contributed by atoms with E-state index in [0.29, 0.717) is 18.6 Å². The van der Waals surface area contributed by atoms with Crippen LogP contribution in [0.15, 0.2) is 17.5 Å². The van der Waals surface area contributed by atoms with E-state index in [1.54, 1.807) is 0 Å². The highest BCUT2D eigenvalue weighted by atomic mass is 32.1. The van der Waals surface area contributed by atoms with Gasteiger partial charge in [-0.1, -0.05) is 25.3 Å². The first kappa shape index (κ1) is 14.1. The van der Waals surface area contributed by atoms with Gasteiger partial charge in [-0.15, -0.1) is 11.3 Å². The van der Waals surface area contributed by atoms with Gasteiger partial charge in [-0.3, -0.25) is 4.79 Å². The number of likely N-dealkylation sites (tertiary alicyclic amines) is 1. The van der Waals surface area contributed by atoms with Crippen molar-refractivity contribution in [1.82, 2.24) is 5.32 Å². The van der Waals surface area contributed by atoms with E-state index >= 15 is 0 Å². The molecule has 2 atom stereocenters. The summed E-state index contributed by atoms with van der Waals surface area (Å²) >= 11 is 1.83. The van der Waals surface area contributed by atoms with E-state index in [1.165, 1.54) is 54.7 Å². The maximum absolute atomic E-state index is 12.3. The van der Waals surface area contributed by atoms with E-state index in [2.05, 4.69) is 22.8 Å². The molecule has 1 saturated carbocycles. The highest BCUT2D eigenvalue weighted by molar-refractivity contribution is 7.10. The number of hydrogen-bond donors (Lipinski definition) is 2. The Morgan fingerprint density at radius 1 is 1.25 bits per heavy atom. The van der Waals surface area contributed by atoms with Gasteiger partial charge in [0.15, 0.2) is 6.54 Å². The number of hydrogen-bond acceptors (Lipinski definition) is 2. The third-order valence-corrected chi connectivity index (χ3v) is 5.71. The van der Waals surface area contributed by atoms with Crippen LogP contribution in [0.5, 0.6) is 0 Å². The molecule has 1 unspecified atom stereocenters. The Labute approximate surface area is 125 Å². The van der Waals surface area contributed by atoms with Crippen LogP contribution in [0.3, 0.4) is 0 Å². The SMILES string of the molecule is O=C(C[NH+]1CCC[C@@H]1c1cccs1)NC1CCCCC1. The summed E-state index contributed by atoms with van der Waals surface area (Å²) in [6.07, 6.45) is 8.72. The highest BCUT2D eigenvalue weighted by Gasteiger charge is 2.32. The molecule has 3 rings (SSSR count). The summed E-state index contributed by atoms with van der Waals surface area (Å²) in [4.78, 5) is 15.2. The second-order valence-corrected chi connectivity index (χ2v) is 7.18. The minimum atomic E-state index is 0.260. The predicted molar refractivity (Wildman–Crippen MR) is 82.0 cm³/mol. The molecule has 1 aliphatic heterocycles. The summed E-state index contributed by atoms with van der Waals surface area (Å²) in [7, 11) is 0. The maximum Gasteiger partial charge on any atom is 0.275 e. The number of amides is 1. The molecule has 0 radical (unpaired) electrons. The summed E-state index contributed by atoms with van der Waals surface area (Å²) in [6.45, 7) is 1.79. The van der Waals surface area contributed by atoms with E-state index in [1.807, 2.05) is 11.3 Å². The zero-order valence-electron chi connectivity index (χ0n) is 12.1. The fourth-order valence-electron chi connectivity index (χ4n) is 3.69. The van der Waals surface area contributed by atoms with Crippen LogP contribution in [0.4, 0.5) is 0 Å². The van der Waals surface area contributed by atoms with Gasteiger partial charge in [-0.25, -0.2) is 0 Å². The standard InChI is InChI=1S/C16H24N2OS/c19-16(17-13-6-2-1-3-7-13)12-18-10-4-8-14(18)15-9-5-11-20-15/h5,9,11,13-14H,1-4,6-8,10,12H2,(H,17,19)/p+1/t14-/m1/s1. The molecule has 1 saturated heterocycles. The second-order valence-electron chi connectivity index (χ2n) is 6.20. The van der Waals surface area contributed by atoms with Gasteiger partial charge >= 0.3 is 0 Å². The zero-order valence-corrected chi connectivity index (χ0v) is 12.9. The predicted octanol–water partition coefficient (Wildman–Crippen LogP) is 1.92. The van der Waals surface area contributed by atoms with Crippen molar-refractivity contribution < 1.29 is 9.69 Å². The van der Waals surface area contributed by atoms with Gasteiger partial charge in [-0.05, 0) is 24.3 Å². The number of carbonyl (C=O) groups is 1. The van der Waals surface area contributed by atoms with Crippen molar-refractivity contribution in [2.24, 2.45) is 0 Å². The molecule has 4 heteroatoms. The van der Waals surface area contributed by atoms with Crippen LogP contribution in [0.1, 0.15) is 55.9 Å². The third kappa shape index (κ3) is 3.41. The van der Waals surface area contributed by atoms with Crippen molar-refractivity contribution in [1.29, 1.82) is 0 Å². The molecule has 1 aliphatic carbocycles.